The molecule has 0 aliphatic heterocycles. The first-order valence-corrected chi connectivity index (χ1v) is 4.54. The van der Waals surface area contributed by atoms with Gasteiger partial charge in [0.25, 0.3) is 0 Å². The molecule has 0 radical (unpaired) electrons. The van der Waals surface area contributed by atoms with Gasteiger partial charge < -0.3 is 14.9 Å². The first-order chi connectivity index (χ1) is 5.63. The molecule has 0 heterocycles. The number of aliphatic hydroxyl groups is 2. The molecule has 0 saturated heterocycles. The summed E-state index contributed by atoms with van der Waals surface area (Å²) >= 11 is 0. The lowest BCUT2D eigenvalue weighted by Gasteiger charge is -2.25. The van der Waals surface area contributed by atoms with Gasteiger partial charge in [-0.25, -0.2) is 0 Å². The van der Waals surface area contributed by atoms with Gasteiger partial charge in [0.1, 0.15) is 6.10 Å². The summed E-state index contributed by atoms with van der Waals surface area (Å²) < 4.78 is 5.40. The van der Waals surface area contributed by atoms with E-state index in [9.17, 15) is 5.11 Å². The zero-order chi connectivity index (χ0) is 9.56. The van der Waals surface area contributed by atoms with Crippen molar-refractivity contribution in [3.63, 3.8) is 0 Å². The van der Waals surface area contributed by atoms with Gasteiger partial charge in [0.05, 0.1) is 12.7 Å². The smallest absolute Gasteiger partial charge is 0.103 e. The Morgan fingerprint density at radius 1 is 1.33 bits per heavy atom. The van der Waals surface area contributed by atoms with Crippen molar-refractivity contribution in [2.75, 3.05) is 13.2 Å². The summed E-state index contributed by atoms with van der Waals surface area (Å²) in [6.07, 6.45) is -0.0621. The highest BCUT2D eigenvalue weighted by molar-refractivity contribution is 4.71. The van der Waals surface area contributed by atoms with Gasteiger partial charge in [0, 0.05) is 6.61 Å². The van der Waals surface area contributed by atoms with Crippen molar-refractivity contribution < 1.29 is 14.9 Å². The molecule has 0 fully saturated rings. The standard InChI is InChI=1S/C9H20O3/c1-4-5-12-9(7(2)3)8(11)6-10/h7-11H,4-6H2,1-3H3/t8-,9-/m1/s1. The van der Waals surface area contributed by atoms with Crippen molar-refractivity contribution in [1.29, 1.82) is 0 Å². The van der Waals surface area contributed by atoms with E-state index in [0.29, 0.717) is 6.61 Å². The molecule has 0 saturated carbocycles. The van der Waals surface area contributed by atoms with Crippen molar-refractivity contribution in [2.24, 2.45) is 5.92 Å². The summed E-state index contributed by atoms with van der Waals surface area (Å²) in [6, 6.07) is 0. The van der Waals surface area contributed by atoms with Crippen LogP contribution in [0.15, 0.2) is 0 Å². The third-order valence-corrected chi connectivity index (χ3v) is 1.74. The highest BCUT2D eigenvalue weighted by atomic mass is 16.5. The third-order valence-electron chi connectivity index (χ3n) is 1.74. The second kappa shape index (κ2) is 6.40. The van der Waals surface area contributed by atoms with Crippen molar-refractivity contribution in [2.45, 2.75) is 39.4 Å². The quantitative estimate of drug-likeness (QED) is 0.629. The van der Waals surface area contributed by atoms with E-state index in [1.165, 1.54) is 0 Å². The summed E-state index contributed by atoms with van der Waals surface area (Å²) in [5.41, 5.74) is 0. The topological polar surface area (TPSA) is 49.7 Å². The lowest BCUT2D eigenvalue weighted by atomic mass is 10.0. The molecule has 0 aromatic rings. The van der Waals surface area contributed by atoms with Crippen molar-refractivity contribution in [3.8, 4) is 0 Å². The maximum Gasteiger partial charge on any atom is 0.103 e. The van der Waals surface area contributed by atoms with E-state index in [1.54, 1.807) is 0 Å². The van der Waals surface area contributed by atoms with Crippen LogP contribution in [0.1, 0.15) is 27.2 Å². The molecule has 74 valence electrons. The minimum Gasteiger partial charge on any atom is -0.394 e. The van der Waals surface area contributed by atoms with E-state index in [2.05, 4.69) is 0 Å². The first kappa shape index (κ1) is 11.9. The van der Waals surface area contributed by atoms with Crippen LogP contribution in [0, 0.1) is 5.92 Å². The van der Waals surface area contributed by atoms with Crippen LogP contribution in [0.4, 0.5) is 0 Å². The Kier molecular flexibility index (Phi) is 6.34. The third kappa shape index (κ3) is 4.04. The minimum absolute atomic E-state index is 0.230. The normalized spacial score (nSPS) is 16.5. The summed E-state index contributed by atoms with van der Waals surface area (Å²) in [6.45, 7) is 6.37. The van der Waals surface area contributed by atoms with Crippen LogP contribution in [-0.2, 0) is 4.74 Å². The second-order valence-corrected chi connectivity index (χ2v) is 3.33. The fourth-order valence-electron chi connectivity index (χ4n) is 1.11. The lowest BCUT2D eigenvalue weighted by Crippen LogP contribution is -2.36. The van der Waals surface area contributed by atoms with Crippen molar-refractivity contribution >= 4 is 0 Å². The van der Waals surface area contributed by atoms with Crippen LogP contribution >= 0.6 is 0 Å². The van der Waals surface area contributed by atoms with E-state index >= 15 is 0 Å². The Morgan fingerprint density at radius 3 is 2.25 bits per heavy atom. The number of rotatable bonds is 6. The van der Waals surface area contributed by atoms with E-state index in [-0.39, 0.29) is 18.6 Å². The molecule has 0 aliphatic rings. The fraction of sp³-hybridized carbons (Fsp3) is 1.00. The van der Waals surface area contributed by atoms with Crippen LogP contribution < -0.4 is 0 Å². The van der Waals surface area contributed by atoms with Gasteiger partial charge >= 0.3 is 0 Å². The monoisotopic (exact) mass is 176 g/mol. The Morgan fingerprint density at radius 2 is 1.92 bits per heavy atom. The molecular formula is C9H20O3. The zero-order valence-corrected chi connectivity index (χ0v) is 8.16. The SMILES string of the molecule is CCCO[C@H](C(C)C)[C@H](O)CO. The number of ether oxygens (including phenoxy) is 1. The van der Waals surface area contributed by atoms with Gasteiger partial charge in [-0.3, -0.25) is 0 Å². The summed E-state index contributed by atoms with van der Waals surface area (Å²) in [5.74, 6) is 0.235. The van der Waals surface area contributed by atoms with E-state index in [1.807, 2.05) is 20.8 Å². The molecule has 0 rings (SSSR count). The van der Waals surface area contributed by atoms with Crippen LogP contribution in [0.3, 0.4) is 0 Å². The average molecular weight is 176 g/mol. The molecule has 0 amide bonds. The molecule has 0 aromatic heterocycles. The Balaban J connectivity index is 3.85. The molecule has 3 heteroatoms. The van der Waals surface area contributed by atoms with E-state index in [4.69, 9.17) is 9.84 Å². The summed E-state index contributed by atoms with van der Waals surface area (Å²) in [5, 5.41) is 18.1. The van der Waals surface area contributed by atoms with Gasteiger partial charge in [-0.05, 0) is 12.3 Å². The van der Waals surface area contributed by atoms with E-state index < -0.39 is 6.10 Å². The molecule has 3 nitrogen and oxygen atoms in total. The molecular weight excluding hydrogens is 156 g/mol. The van der Waals surface area contributed by atoms with Crippen LogP contribution in [0.2, 0.25) is 0 Å². The van der Waals surface area contributed by atoms with Crippen molar-refractivity contribution in [1.82, 2.24) is 0 Å². The maximum absolute atomic E-state index is 9.34. The van der Waals surface area contributed by atoms with Gasteiger partial charge in [-0.15, -0.1) is 0 Å². The predicted octanol–water partition coefficient (Wildman–Crippen LogP) is 0.791. The average Bonchev–Trinajstić information content (AvgIpc) is 2.04. The number of hydrogen-bond acceptors (Lipinski definition) is 3. The maximum atomic E-state index is 9.34. The highest BCUT2D eigenvalue weighted by Gasteiger charge is 2.21. The molecule has 12 heavy (non-hydrogen) atoms. The fourth-order valence-corrected chi connectivity index (χ4v) is 1.11. The first-order valence-electron chi connectivity index (χ1n) is 4.54. The molecule has 0 bridgehead atoms. The lowest BCUT2D eigenvalue weighted by molar-refractivity contribution is -0.0785. The van der Waals surface area contributed by atoms with Gasteiger partial charge in [-0.2, -0.15) is 0 Å². The molecule has 0 unspecified atom stereocenters. The molecule has 0 spiro atoms. The Bertz CT molecular complexity index is 104. The largest absolute Gasteiger partial charge is 0.394 e. The molecule has 0 aliphatic carbocycles. The minimum atomic E-state index is -0.753. The van der Waals surface area contributed by atoms with Crippen molar-refractivity contribution in [3.05, 3.63) is 0 Å². The molecule has 2 atom stereocenters. The number of aliphatic hydroxyl groups excluding tert-OH is 2. The van der Waals surface area contributed by atoms with Crippen LogP contribution in [0.25, 0.3) is 0 Å². The highest BCUT2D eigenvalue weighted by Crippen LogP contribution is 2.11. The number of hydrogen-bond donors (Lipinski definition) is 2. The van der Waals surface area contributed by atoms with E-state index in [0.717, 1.165) is 6.42 Å². The summed E-state index contributed by atoms with van der Waals surface area (Å²) in [7, 11) is 0. The van der Waals surface area contributed by atoms with Gasteiger partial charge in [0.15, 0.2) is 0 Å². The zero-order valence-electron chi connectivity index (χ0n) is 8.16. The predicted molar refractivity (Wildman–Crippen MR) is 48.0 cm³/mol. The Hall–Kier alpha value is -0.120. The van der Waals surface area contributed by atoms with Gasteiger partial charge in [0.2, 0.25) is 0 Å². The Labute approximate surface area is 74.4 Å². The summed E-state index contributed by atoms with van der Waals surface area (Å²) in [4.78, 5) is 0. The van der Waals surface area contributed by atoms with Crippen LogP contribution in [0.5, 0.6) is 0 Å². The molecule has 2 N–H and O–H groups in total. The second-order valence-electron chi connectivity index (χ2n) is 3.33. The van der Waals surface area contributed by atoms with Crippen LogP contribution in [-0.4, -0.2) is 35.6 Å². The van der Waals surface area contributed by atoms with Gasteiger partial charge in [-0.1, -0.05) is 20.8 Å². The molecule has 0 aromatic carbocycles.